The quantitative estimate of drug-likeness (QED) is 0.416. The summed E-state index contributed by atoms with van der Waals surface area (Å²) in [5, 5.41) is 0. The first kappa shape index (κ1) is 19.9. The molecule has 0 radical (unpaired) electrons. The number of allylic oxidation sites excluding steroid dienone is 2. The van der Waals surface area contributed by atoms with Crippen LogP contribution in [0, 0.1) is 31.1 Å². The molecule has 0 spiro atoms. The molecule has 2 aliphatic carbocycles. The smallest absolute Gasteiger partial charge is 0.310 e. The number of benzene rings is 2. The lowest BCUT2D eigenvalue weighted by Crippen LogP contribution is -2.12. The molecule has 0 N–H and O–H groups in total. The van der Waals surface area contributed by atoms with Crippen molar-refractivity contribution in [2.24, 2.45) is 17.3 Å². The zero-order chi connectivity index (χ0) is 20.6. The number of esters is 1. The Morgan fingerprint density at radius 3 is 2.45 bits per heavy atom. The molecule has 0 heterocycles. The van der Waals surface area contributed by atoms with E-state index in [9.17, 15) is 4.79 Å². The number of carbonyl (C=O) groups is 1. The highest BCUT2D eigenvalue weighted by atomic mass is 16.5. The second kappa shape index (κ2) is 7.82. The highest BCUT2D eigenvalue weighted by molar-refractivity contribution is 5.78. The van der Waals surface area contributed by atoms with E-state index >= 15 is 0 Å². The van der Waals surface area contributed by atoms with Gasteiger partial charge in [-0.3, -0.25) is 4.79 Å². The zero-order valence-electron chi connectivity index (χ0n) is 18.1. The molecule has 4 rings (SSSR count). The van der Waals surface area contributed by atoms with E-state index in [4.69, 9.17) is 4.74 Å². The number of hydrogen-bond acceptors (Lipinski definition) is 2. The molecule has 29 heavy (non-hydrogen) atoms. The minimum absolute atomic E-state index is 0.00600. The van der Waals surface area contributed by atoms with Crippen LogP contribution in [0.3, 0.4) is 0 Å². The fourth-order valence-corrected chi connectivity index (χ4v) is 4.97. The Morgan fingerprint density at radius 2 is 1.76 bits per heavy atom. The van der Waals surface area contributed by atoms with Crippen LogP contribution in [0.5, 0.6) is 0 Å². The lowest BCUT2D eigenvalue weighted by Gasteiger charge is -2.15. The molecule has 0 aliphatic heterocycles. The predicted octanol–water partition coefficient (Wildman–Crippen LogP) is 6.79. The largest absolute Gasteiger partial charge is 0.461 e. The van der Waals surface area contributed by atoms with Gasteiger partial charge in [-0.25, -0.2) is 0 Å². The number of hydrogen-bond donors (Lipinski definition) is 0. The lowest BCUT2D eigenvalue weighted by atomic mass is 9.94. The lowest BCUT2D eigenvalue weighted by molar-refractivity contribution is -0.147. The molecule has 2 saturated carbocycles. The molecule has 2 fully saturated rings. The molecule has 2 unspecified atom stereocenters. The number of ether oxygens (including phenoxy) is 1. The third-order valence-electron chi connectivity index (χ3n) is 7.10. The van der Waals surface area contributed by atoms with Gasteiger partial charge in [-0.05, 0) is 78.7 Å². The number of rotatable bonds is 5. The van der Waals surface area contributed by atoms with E-state index in [1.807, 2.05) is 6.07 Å². The van der Waals surface area contributed by atoms with Crippen molar-refractivity contribution in [3.05, 3.63) is 70.8 Å². The molecule has 2 heteroatoms. The molecule has 2 nitrogen and oxygen atoms in total. The first-order valence-electron chi connectivity index (χ1n) is 10.9. The molecule has 152 valence electrons. The maximum atomic E-state index is 12.9. The summed E-state index contributed by atoms with van der Waals surface area (Å²) in [7, 11) is 0. The molecule has 2 aliphatic rings. The van der Waals surface area contributed by atoms with Crippen molar-refractivity contribution < 1.29 is 9.53 Å². The zero-order valence-corrected chi connectivity index (χ0v) is 18.1. The fourth-order valence-electron chi connectivity index (χ4n) is 4.97. The molecule has 2 aromatic rings. The number of carbonyl (C=O) groups excluding carboxylic acids is 1. The van der Waals surface area contributed by atoms with Gasteiger partial charge in [0.1, 0.15) is 6.61 Å². The van der Waals surface area contributed by atoms with Crippen LogP contribution in [0.4, 0.5) is 0 Å². The topological polar surface area (TPSA) is 26.3 Å². The van der Waals surface area contributed by atoms with Crippen molar-refractivity contribution in [3.63, 3.8) is 0 Å². The highest BCUT2D eigenvalue weighted by Gasteiger charge is 2.61. The minimum atomic E-state index is -0.0428. The van der Waals surface area contributed by atoms with Crippen molar-refractivity contribution in [2.75, 3.05) is 0 Å². The first-order valence-corrected chi connectivity index (χ1v) is 10.9. The Bertz CT molecular complexity index is 929. The average Bonchev–Trinajstić information content (AvgIpc) is 3.03. The Hall–Kier alpha value is -2.35. The van der Waals surface area contributed by atoms with E-state index in [0.29, 0.717) is 12.5 Å². The van der Waals surface area contributed by atoms with Crippen LogP contribution < -0.4 is 0 Å². The van der Waals surface area contributed by atoms with Crippen LogP contribution in [0.25, 0.3) is 11.1 Å². The van der Waals surface area contributed by atoms with Crippen molar-refractivity contribution in [1.82, 2.24) is 0 Å². The Labute approximate surface area is 175 Å². The molecule has 2 aromatic carbocycles. The van der Waals surface area contributed by atoms with Crippen molar-refractivity contribution >= 4 is 5.97 Å². The van der Waals surface area contributed by atoms with Crippen molar-refractivity contribution in [2.45, 2.75) is 60.0 Å². The second-order valence-corrected chi connectivity index (χ2v) is 9.36. The van der Waals surface area contributed by atoms with Gasteiger partial charge in [-0.15, -0.1) is 0 Å². The summed E-state index contributed by atoms with van der Waals surface area (Å²) in [6.45, 7) is 8.98. The van der Waals surface area contributed by atoms with Crippen molar-refractivity contribution in [3.8, 4) is 11.1 Å². The average molecular weight is 389 g/mol. The third kappa shape index (κ3) is 3.90. The predicted molar refractivity (Wildman–Crippen MR) is 118 cm³/mol. The van der Waals surface area contributed by atoms with Crippen LogP contribution in [0.15, 0.2) is 54.1 Å². The van der Waals surface area contributed by atoms with Crippen LogP contribution in [-0.4, -0.2) is 5.97 Å². The van der Waals surface area contributed by atoms with Gasteiger partial charge in [-0.2, -0.15) is 0 Å². The maximum Gasteiger partial charge on any atom is 0.310 e. The van der Waals surface area contributed by atoms with E-state index in [2.05, 4.69) is 70.2 Å². The molecular formula is C27H32O2. The Kier molecular flexibility index (Phi) is 5.38. The molecule has 0 amide bonds. The molecule has 2 atom stereocenters. The Balaban J connectivity index is 1.48. The van der Waals surface area contributed by atoms with Gasteiger partial charge in [0.25, 0.3) is 0 Å². The van der Waals surface area contributed by atoms with E-state index < -0.39 is 0 Å². The summed E-state index contributed by atoms with van der Waals surface area (Å²) in [4.78, 5) is 12.9. The van der Waals surface area contributed by atoms with E-state index in [-0.39, 0.29) is 17.3 Å². The van der Waals surface area contributed by atoms with Gasteiger partial charge < -0.3 is 4.74 Å². The van der Waals surface area contributed by atoms with E-state index in [1.165, 1.54) is 47.9 Å². The molecule has 0 aromatic heterocycles. The SMILES string of the molecule is Cc1ccc(-c2ccccc2)c(C)c1COC(=O)C1C(C=C2CCCC2)C1(C)C. The van der Waals surface area contributed by atoms with Crippen LogP contribution >= 0.6 is 0 Å². The van der Waals surface area contributed by atoms with Gasteiger partial charge >= 0.3 is 5.97 Å². The summed E-state index contributed by atoms with van der Waals surface area (Å²) in [6, 6.07) is 14.7. The summed E-state index contributed by atoms with van der Waals surface area (Å²) < 4.78 is 5.87. The molecular weight excluding hydrogens is 356 g/mol. The van der Waals surface area contributed by atoms with Crippen LogP contribution in [-0.2, 0) is 16.1 Å². The molecule has 0 bridgehead atoms. The summed E-state index contributed by atoms with van der Waals surface area (Å²) >= 11 is 0. The second-order valence-electron chi connectivity index (χ2n) is 9.36. The van der Waals surface area contributed by atoms with Gasteiger partial charge in [-0.1, -0.05) is 68.0 Å². The monoisotopic (exact) mass is 388 g/mol. The normalized spacial score (nSPS) is 22.4. The summed E-state index contributed by atoms with van der Waals surface area (Å²) in [6.07, 6.45) is 7.39. The summed E-state index contributed by atoms with van der Waals surface area (Å²) in [5.41, 5.74) is 7.47. The van der Waals surface area contributed by atoms with Gasteiger partial charge in [0.05, 0.1) is 5.92 Å². The van der Waals surface area contributed by atoms with Crippen LogP contribution in [0.2, 0.25) is 0 Å². The van der Waals surface area contributed by atoms with Gasteiger partial charge in [0.15, 0.2) is 0 Å². The molecule has 0 saturated heterocycles. The van der Waals surface area contributed by atoms with Gasteiger partial charge in [0.2, 0.25) is 0 Å². The third-order valence-corrected chi connectivity index (χ3v) is 7.10. The first-order chi connectivity index (χ1) is 13.9. The van der Waals surface area contributed by atoms with E-state index in [0.717, 1.165) is 5.56 Å². The standard InChI is InChI=1S/C27H32O2/c1-18-14-15-22(21-12-6-5-7-13-21)19(2)23(18)17-29-26(28)25-24(27(25,3)4)16-20-10-8-9-11-20/h5-7,12-16,24-25H,8-11,17H2,1-4H3. The maximum absolute atomic E-state index is 12.9. The Morgan fingerprint density at radius 1 is 1.07 bits per heavy atom. The minimum Gasteiger partial charge on any atom is -0.461 e. The van der Waals surface area contributed by atoms with Crippen LogP contribution in [0.1, 0.15) is 56.2 Å². The van der Waals surface area contributed by atoms with Gasteiger partial charge in [0, 0.05) is 0 Å². The highest BCUT2D eigenvalue weighted by Crippen LogP contribution is 2.60. The fraction of sp³-hybridized carbons (Fsp3) is 0.444. The summed E-state index contributed by atoms with van der Waals surface area (Å²) in [5.74, 6) is 0.285. The number of aryl methyl sites for hydroxylation is 1. The van der Waals surface area contributed by atoms with Crippen molar-refractivity contribution in [1.29, 1.82) is 0 Å². The van der Waals surface area contributed by atoms with E-state index in [1.54, 1.807) is 5.57 Å².